The maximum absolute atomic E-state index is 13.0. The van der Waals surface area contributed by atoms with Crippen molar-refractivity contribution in [3.8, 4) is 6.07 Å². The number of rotatable bonds is 4. The largest absolute Gasteiger partial charge is 0.396 e. The molecule has 1 fully saturated rings. The van der Waals surface area contributed by atoms with Crippen molar-refractivity contribution in [2.24, 2.45) is 5.41 Å². The molecule has 0 aliphatic carbocycles. The zero-order valence-corrected chi connectivity index (χ0v) is 12.7. The van der Waals surface area contributed by atoms with Gasteiger partial charge >= 0.3 is 0 Å². The molecule has 0 saturated carbocycles. The lowest BCUT2D eigenvalue weighted by Crippen LogP contribution is -2.32. The van der Waals surface area contributed by atoms with E-state index >= 15 is 0 Å². The third-order valence-electron chi connectivity index (χ3n) is 4.50. The summed E-state index contributed by atoms with van der Waals surface area (Å²) >= 11 is 0. The van der Waals surface area contributed by atoms with Gasteiger partial charge in [0.2, 0.25) is 0 Å². The number of benzene rings is 1. The van der Waals surface area contributed by atoms with Crippen LogP contribution in [0.5, 0.6) is 0 Å². The minimum Gasteiger partial charge on any atom is -0.396 e. The summed E-state index contributed by atoms with van der Waals surface area (Å²) in [4.78, 5) is 6.20. The van der Waals surface area contributed by atoms with Crippen LogP contribution >= 0.6 is 0 Å². The zero-order chi connectivity index (χ0) is 16.3. The second-order valence-electron chi connectivity index (χ2n) is 6.12. The molecule has 0 spiro atoms. The van der Waals surface area contributed by atoms with Crippen LogP contribution in [0.4, 0.5) is 10.1 Å². The van der Waals surface area contributed by atoms with Gasteiger partial charge in [0.05, 0.1) is 12.3 Å². The lowest BCUT2D eigenvalue weighted by molar-refractivity contribution is 0.144. The van der Waals surface area contributed by atoms with Gasteiger partial charge in [0, 0.05) is 24.7 Å². The van der Waals surface area contributed by atoms with Gasteiger partial charge in [-0.1, -0.05) is 12.1 Å². The number of nitrogens with zero attached hydrogens (tertiary/aromatic N) is 3. The molecular weight excluding hydrogens is 293 g/mol. The van der Waals surface area contributed by atoms with Gasteiger partial charge in [0.25, 0.3) is 0 Å². The standard InChI is InChI=1S/C18H18FN3O/c19-15-5-3-14(4-6-15)10-18(13-23)7-9-22(12-18)17-2-1-8-21-16(17)11-20/h1-6,8,23H,7,9-10,12-13H2. The number of anilines is 1. The number of halogens is 1. The topological polar surface area (TPSA) is 60.2 Å². The molecule has 0 radical (unpaired) electrons. The molecule has 4 nitrogen and oxygen atoms in total. The van der Waals surface area contributed by atoms with Crippen LogP contribution in [0.25, 0.3) is 0 Å². The fraction of sp³-hybridized carbons (Fsp3) is 0.333. The van der Waals surface area contributed by atoms with Gasteiger partial charge in [0.1, 0.15) is 11.9 Å². The van der Waals surface area contributed by atoms with Crippen molar-refractivity contribution in [2.45, 2.75) is 12.8 Å². The summed E-state index contributed by atoms with van der Waals surface area (Å²) in [6.45, 7) is 1.48. The summed E-state index contributed by atoms with van der Waals surface area (Å²) < 4.78 is 13.0. The Kier molecular flexibility index (Phi) is 4.26. The number of hydrogen-bond acceptors (Lipinski definition) is 4. The summed E-state index contributed by atoms with van der Waals surface area (Å²) in [6.07, 6.45) is 3.11. The average molecular weight is 311 g/mol. The van der Waals surface area contributed by atoms with Crippen molar-refractivity contribution in [1.82, 2.24) is 4.98 Å². The van der Waals surface area contributed by atoms with Crippen LogP contribution in [-0.2, 0) is 6.42 Å². The van der Waals surface area contributed by atoms with Gasteiger partial charge in [-0.05, 0) is 42.7 Å². The van der Waals surface area contributed by atoms with Crippen LogP contribution < -0.4 is 4.90 Å². The average Bonchev–Trinajstić information content (AvgIpc) is 3.01. The van der Waals surface area contributed by atoms with Gasteiger partial charge in [-0.25, -0.2) is 9.37 Å². The first kappa shape index (κ1) is 15.4. The van der Waals surface area contributed by atoms with Crippen molar-refractivity contribution in [2.75, 3.05) is 24.6 Å². The number of aliphatic hydroxyl groups is 1. The minimum absolute atomic E-state index is 0.0586. The molecular formula is C18H18FN3O. The fourth-order valence-corrected chi connectivity index (χ4v) is 3.24. The molecule has 1 aromatic heterocycles. The minimum atomic E-state index is -0.277. The van der Waals surface area contributed by atoms with Gasteiger partial charge < -0.3 is 10.0 Å². The molecule has 1 N–H and O–H groups in total. The maximum atomic E-state index is 13.0. The van der Waals surface area contributed by atoms with E-state index in [0.29, 0.717) is 18.7 Å². The first-order valence-electron chi connectivity index (χ1n) is 7.61. The predicted octanol–water partition coefficient (Wildman–Crippen LogP) is 2.52. The van der Waals surface area contributed by atoms with Gasteiger partial charge in [-0.2, -0.15) is 5.26 Å². The van der Waals surface area contributed by atoms with E-state index in [9.17, 15) is 14.8 Å². The number of hydrogen-bond donors (Lipinski definition) is 1. The highest BCUT2D eigenvalue weighted by molar-refractivity contribution is 5.56. The Bertz CT molecular complexity index is 726. The number of pyridine rings is 1. The van der Waals surface area contributed by atoms with E-state index in [0.717, 1.165) is 24.2 Å². The van der Waals surface area contributed by atoms with Gasteiger partial charge in [-0.15, -0.1) is 0 Å². The normalized spacial score (nSPS) is 20.5. The summed E-state index contributed by atoms with van der Waals surface area (Å²) in [5, 5.41) is 19.1. The molecule has 5 heteroatoms. The molecule has 1 unspecified atom stereocenters. The Morgan fingerprint density at radius 3 is 2.78 bits per heavy atom. The van der Waals surface area contributed by atoms with Crippen LogP contribution in [0, 0.1) is 22.6 Å². The Morgan fingerprint density at radius 1 is 1.30 bits per heavy atom. The highest BCUT2D eigenvalue weighted by Crippen LogP contribution is 2.37. The van der Waals surface area contributed by atoms with E-state index in [2.05, 4.69) is 16.0 Å². The smallest absolute Gasteiger partial charge is 0.163 e. The Labute approximate surface area is 134 Å². The van der Waals surface area contributed by atoms with Crippen LogP contribution in [0.15, 0.2) is 42.6 Å². The molecule has 3 rings (SSSR count). The van der Waals surface area contributed by atoms with Crippen LogP contribution in [0.3, 0.4) is 0 Å². The number of aromatic nitrogens is 1. The predicted molar refractivity (Wildman–Crippen MR) is 85.4 cm³/mol. The van der Waals surface area contributed by atoms with Crippen LogP contribution in [0.1, 0.15) is 17.7 Å². The first-order chi connectivity index (χ1) is 11.2. The molecule has 118 valence electrons. The molecule has 2 heterocycles. The SMILES string of the molecule is N#Cc1ncccc1N1CCC(CO)(Cc2ccc(F)cc2)C1. The summed E-state index contributed by atoms with van der Waals surface area (Å²) in [6, 6.07) is 12.2. The fourth-order valence-electron chi connectivity index (χ4n) is 3.24. The molecule has 2 aromatic rings. The second-order valence-corrected chi connectivity index (χ2v) is 6.12. The molecule has 0 amide bonds. The van der Waals surface area contributed by atoms with Gasteiger partial charge in [-0.3, -0.25) is 0 Å². The quantitative estimate of drug-likeness (QED) is 0.942. The van der Waals surface area contributed by atoms with E-state index in [1.54, 1.807) is 18.3 Å². The highest BCUT2D eigenvalue weighted by Gasteiger charge is 2.38. The lowest BCUT2D eigenvalue weighted by Gasteiger charge is -2.28. The molecule has 1 saturated heterocycles. The van der Waals surface area contributed by atoms with Gasteiger partial charge in [0.15, 0.2) is 5.69 Å². The number of nitriles is 1. The van der Waals surface area contributed by atoms with E-state index in [1.165, 1.54) is 12.1 Å². The molecule has 1 aliphatic rings. The molecule has 1 aromatic carbocycles. The van der Waals surface area contributed by atoms with Crippen molar-refractivity contribution >= 4 is 5.69 Å². The molecule has 1 atom stereocenters. The van der Waals surface area contributed by atoms with Crippen molar-refractivity contribution < 1.29 is 9.50 Å². The summed E-state index contributed by atoms with van der Waals surface area (Å²) in [7, 11) is 0. The second kappa shape index (κ2) is 6.35. The maximum Gasteiger partial charge on any atom is 0.163 e. The van der Waals surface area contributed by atoms with Crippen LogP contribution in [0.2, 0.25) is 0 Å². The molecule has 0 bridgehead atoms. The zero-order valence-electron chi connectivity index (χ0n) is 12.7. The summed E-state index contributed by atoms with van der Waals surface area (Å²) in [5.74, 6) is -0.256. The highest BCUT2D eigenvalue weighted by atomic mass is 19.1. The first-order valence-corrected chi connectivity index (χ1v) is 7.61. The van der Waals surface area contributed by atoms with Crippen molar-refractivity contribution in [1.29, 1.82) is 5.26 Å². The third-order valence-corrected chi connectivity index (χ3v) is 4.50. The van der Waals surface area contributed by atoms with E-state index < -0.39 is 0 Å². The van der Waals surface area contributed by atoms with E-state index in [-0.39, 0.29) is 17.8 Å². The van der Waals surface area contributed by atoms with E-state index in [1.807, 2.05) is 12.1 Å². The van der Waals surface area contributed by atoms with Crippen molar-refractivity contribution in [3.63, 3.8) is 0 Å². The molecule has 1 aliphatic heterocycles. The lowest BCUT2D eigenvalue weighted by atomic mass is 9.81. The van der Waals surface area contributed by atoms with Crippen LogP contribution in [-0.4, -0.2) is 29.8 Å². The van der Waals surface area contributed by atoms with E-state index in [4.69, 9.17) is 0 Å². The number of aliphatic hydroxyl groups excluding tert-OH is 1. The Balaban J connectivity index is 1.80. The summed E-state index contributed by atoms with van der Waals surface area (Å²) in [5.41, 5.74) is 1.95. The molecule has 23 heavy (non-hydrogen) atoms. The Hall–Kier alpha value is -2.45. The third kappa shape index (κ3) is 3.17. The Morgan fingerprint density at radius 2 is 2.09 bits per heavy atom. The monoisotopic (exact) mass is 311 g/mol. The van der Waals surface area contributed by atoms with Crippen molar-refractivity contribution in [3.05, 3.63) is 59.7 Å².